The lowest BCUT2D eigenvalue weighted by Crippen LogP contribution is -2.24. The van der Waals surface area contributed by atoms with Crippen LogP contribution in [0.2, 0.25) is 0 Å². The van der Waals surface area contributed by atoms with Crippen LogP contribution in [0.1, 0.15) is 20.3 Å². The van der Waals surface area contributed by atoms with Crippen LogP contribution in [-0.2, 0) is 14.3 Å². The topological polar surface area (TPSA) is 75.6 Å². The number of allylic oxidation sites excluding steroid dienone is 1. The Balaban J connectivity index is 4.50. The van der Waals surface area contributed by atoms with Crippen LogP contribution in [0.3, 0.4) is 0 Å². The number of hydrogen-bond donors (Lipinski definition) is 2. The lowest BCUT2D eigenvalue weighted by atomic mass is 10.2. The summed E-state index contributed by atoms with van der Waals surface area (Å²) in [4.78, 5) is 21.4. The van der Waals surface area contributed by atoms with Crippen LogP contribution in [-0.4, -0.2) is 30.7 Å². The van der Waals surface area contributed by atoms with Gasteiger partial charge in [-0.05, 0) is 13.3 Å². The van der Waals surface area contributed by atoms with E-state index in [1.54, 1.807) is 6.92 Å². The van der Waals surface area contributed by atoms with Gasteiger partial charge in [-0.3, -0.25) is 4.79 Å². The lowest BCUT2D eigenvalue weighted by Gasteiger charge is -2.09. The Bertz CT molecular complexity index is 258. The second-order valence-corrected chi connectivity index (χ2v) is 2.70. The summed E-state index contributed by atoms with van der Waals surface area (Å²) in [6.07, 6.45) is 0.564. The molecular weight excluding hydrogens is 186 g/mol. The minimum atomic E-state index is -0.964. The minimum Gasteiger partial charge on any atom is -0.480 e. The number of carbonyl (C=O) groups excluding carboxylic acids is 1. The Labute approximate surface area is 82.7 Å². The third-order valence-electron chi connectivity index (χ3n) is 1.75. The molecule has 0 unspecified atom stereocenters. The zero-order valence-corrected chi connectivity index (χ0v) is 8.59. The van der Waals surface area contributed by atoms with Crippen LogP contribution in [0.25, 0.3) is 0 Å². The van der Waals surface area contributed by atoms with Gasteiger partial charge in [0, 0.05) is 5.70 Å². The monoisotopic (exact) mass is 201 g/mol. The molecule has 0 aliphatic heterocycles. The van der Waals surface area contributed by atoms with Crippen molar-refractivity contribution in [1.82, 2.24) is 5.32 Å². The SMILES string of the molecule is CCC(NCC(=O)O)=C(C)C(=O)OC. The summed E-state index contributed by atoms with van der Waals surface area (Å²) in [7, 11) is 1.29. The van der Waals surface area contributed by atoms with Crippen LogP contribution < -0.4 is 5.32 Å². The molecule has 80 valence electrons. The number of carbonyl (C=O) groups is 2. The summed E-state index contributed by atoms with van der Waals surface area (Å²) < 4.78 is 4.52. The van der Waals surface area contributed by atoms with E-state index in [9.17, 15) is 9.59 Å². The van der Waals surface area contributed by atoms with Gasteiger partial charge in [-0.25, -0.2) is 4.79 Å². The molecule has 5 nitrogen and oxygen atoms in total. The van der Waals surface area contributed by atoms with Crippen molar-refractivity contribution in [2.75, 3.05) is 13.7 Å². The Hall–Kier alpha value is -1.52. The van der Waals surface area contributed by atoms with Gasteiger partial charge in [0.15, 0.2) is 0 Å². The third-order valence-corrected chi connectivity index (χ3v) is 1.75. The Morgan fingerprint density at radius 2 is 2.00 bits per heavy atom. The molecule has 0 rings (SSSR count). The Kier molecular flexibility index (Phi) is 5.36. The van der Waals surface area contributed by atoms with E-state index in [1.807, 2.05) is 6.92 Å². The van der Waals surface area contributed by atoms with Gasteiger partial charge in [-0.15, -0.1) is 0 Å². The number of esters is 1. The van der Waals surface area contributed by atoms with E-state index in [0.29, 0.717) is 17.7 Å². The van der Waals surface area contributed by atoms with Gasteiger partial charge in [-0.2, -0.15) is 0 Å². The second kappa shape index (κ2) is 6.01. The maximum atomic E-state index is 11.1. The van der Waals surface area contributed by atoms with Crippen LogP contribution in [0, 0.1) is 0 Å². The van der Waals surface area contributed by atoms with E-state index in [-0.39, 0.29) is 6.54 Å². The summed E-state index contributed by atoms with van der Waals surface area (Å²) in [5.74, 6) is -1.41. The van der Waals surface area contributed by atoms with E-state index in [2.05, 4.69) is 10.1 Å². The van der Waals surface area contributed by atoms with Crippen molar-refractivity contribution < 1.29 is 19.4 Å². The van der Waals surface area contributed by atoms with Crippen molar-refractivity contribution >= 4 is 11.9 Å². The van der Waals surface area contributed by atoms with Crippen molar-refractivity contribution in [2.24, 2.45) is 0 Å². The number of carboxylic acid groups (broad SMARTS) is 1. The fraction of sp³-hybridized carbons (Fsp3) is 0.556. The maximum Gasteiger partial charge on any atom is 0.335 e. The number of hydrogen-bond acceptors (Lipinski definition) is 4. The van der Waals surface area contributed by atoms with Gasteiger partial charge < -0.3 is 15.2 Å². The molecule has 14 heavy (non-hydrogen) atoms. The summed E-state index contributed by atoms with van der Waals surface area (Å²) in [6.45, 7) is 3.23. The predicted octanol–water partition coefficient (Wildman–Crippen LogP) is 0.518. The molecule has 0 amide bonds. The molecule has 0 radical (unpaired) electrons. The molecule has 0 aromatic rings. The summed E-state index contributed by atoms with van der Waals surface area (Å²) in [5.41, 5.74) is 1.01. The first-order chi connectivity index (χ1) is 6.52. The zero-order valence-electron chi connectivity index (χ0n) is 8.59. The Morgan fingerprint density at radius 3 is 2.36 bits per heavy atom. The molecule has 0 atom stereocenters. The average Bonchev–Trinajstić information content (AvgIpc) is 2.16. The van der Waals surface area contributed by atoms with Crippen molar-refractivity contribution in [3.05, 3.63) is 11.3 Å². The molecule has 2 N–H and O–H groups in total. The fourth-order valence-corrected chi connectivity index (χ4v) is 0.981. The molecule has 0 heterocycles. The van der Waals surface area contributed by atoms with Crippen LogP contribution in [0.5, 0.6) is 0 Å². The summed E-state index contributed by atoms with van der Waals surface area (Å²) in [5, 5.41) is 11.1. The standard InChI is InChI=1S/C9H15NO4/c1-4-7(10-5-8(11)12)6(2)9(13)14-3/h10H,4-5H2,1-3H3,(H,11,12). The number of rotatable bonds is 5. The molecule has 0 spiro atoms. The lowest BCUT2D eigenvalue weighted by molar-refractivity contribution is -0.137. The largest absolute Gasteiger partial charge is 0.480 e. The van der Waals surface area contributed by atoms with Gasteiger partial charge in [0.1, 0.15) is 6.54 Å². The van der Waals surface area contributed by atoms with Gasteiger partial charge >= 0.3 is 11.9 Å². The first kappa shape index (κ1) is 12.5. The number of aliphatic carboxylic acids is 1. The molecule has 0 aromatic heterocycles. The maximum absolute atomic E-state index is 11.1. The summed E-state index contributed by atoms with van der Waals surface area (Å²) >= 11 is 0. The molecule has 0 bridgehead atoms. The highest BCUT2D eigenvalue weighted by atomic mass is 16.5. The number of carboxylic acids is 1. The molecule has 5 heteroatoms. The van der Waals surface area contributed by atoms with Crippen LogP contribution in [0.15, 0.2) is 11.3 Å². The van der Waals surface area contributed by atoms with Crippen LogP contribution in [0.4, 0.5) is 0 Å². The quantitative estimate of drug-likeness (QED) is 0.501. The minimum absolute atomic E-state index is 0.197. The highest BCUT2D eigenvalue weighted by molar-refractivity contribution is 5.88. The number of methoxy groups -OCH3 is 1. The first-order valence-corrected chi connectivity index (χ1v) is 4.26. The predicted molar refractivity (Wildman–Crippen MR) is 50.6 cm³/mol. The Morgan fingerprint density at radius 1 is 1.43 bits per heavy atom. The smallest absolute Gasteiger partial charge is 0.335 e. The molecule has 0 aliphatic rings. The molecule has 0 aromatic carbocycles. The van der Waals surface area contributed by atoms with E-state index in [1.165, 1.54) is 7.11 Å². The summed E-state index contributed by atoms with van der Waals surface area (Å²) in [6, 6.07) is 0. The van der Waals surface area contributed by atoms with Crippen molar-refractivity contribution in [1.29, 1.82) is 0 Å². The van der Waals surface area contributed by atoms with E-state index >= 15 is 0 Å². The molecule has 0 saturated carbocycles. The van der Waals surface area contributed by atoms with Gasteiger partial charge in [0.25, 0.3) is 0 Å². The molecule has 0 aliphatic carbocycles. The normalized spacial score (nSPS) is 11.6. The molecule has 0 saturated heterocycles. The fourth-order valence-electron chi connectivity index (χ4n) is 0.981. The highest BCUT2D eigenvalue weighted by Gasteiger charge is 2.09. The van der Waals surface area contributed by atoms with Gasteiger partial charge in [-0.1, -0.05) is 6.92 Å². The molecular formula is C9H15NO4. The van der Waals surface area contributed by atoms with E-state index < -0.39 is 11.9 Å². The second-order valence-electron chi connectivity index (χ2n) is 2.70. The number of nitrogens with one attached hydrogen (secondary N) is 1. The zero-order chi connectivity index (χ0) is 11.1. The van der Waals surface area contributed by atoms with Gasteiger partial charge in [0.05, 0.1) is 12.7 Å². The molecule has 0 fully saturated rings. The third kappa shape index (κ3) is 3.93. The number of ether oxygens (including phenoxy) is 1. The highest BCUT2D eigenvalue weighted by Crippen LogP contribution is 2.06. The van der Waals surface area contributed by atoms with Gasteiger partial charge in [0.2, 0.25) is 0 Å². The average molecular weight is 201 g/mol. The van der Waals surface area contributed by atoms with E-state index in [0.717, 1.165) is 0 Å². The first-order valence-electron chi connectivity index (χ1n) is 4.26. The van der Waals surface area contributed by atoms with Crippen molar-refractivity contribution in [3.63, 3.8) is 0 Å². The van der Waals surface area contributed by atoms with E-state index in [4.69, 9.17) is 5.11 Å². The van der Waals surface area contributed by atoms with Crippen LogP contribution >= 0.6 is 0 Å². The van der Waals surface area contributed by atoms with Crippen molar-refractivity contribution in [3.8, 4) is 0 Å². The van der Waals surface area contributed by atoms with Crippen molar-refractivity contribution in [2.45, 2.75) is 20.3 Å².